The van der Waals surface area contributed by atoms with Crippen molar-refractivity contribution in [2.75, 3.05) is 13.1 Å². The summed E-state index contributed by atoms with van der Waals surface area (Å²) < 4.78 is 12.7. The second-order valence-electron chi connectivity index (χ2n) is 6.53. The van der Waals surface area contributed by atoms with Crippen molar-refractivity contribution in [1.29, 1.82) is 0 Å². The summed E-state index contributed by atoms with van der Waals surface area (Å²) in [5.41, 5.74) is 1.92. The minimum atomic E-state index is -0.782. The Morgan fingerprint density at radius 1 is 1.33 bits per heavy atom. The first-order chi connectivity index (χ1) is 11.3. The van der Waals surface area contributed by atoms with E-state index in [1.165, 1.54) is 0 Å². The Morgan fingerprint density at radius 2 is 1.96 bits per heavy atom. The maximum atomic E-state index is 12.4. The van der Waals surface area contributed by atoms with E-state index in [1.807, 2.05) is 33.8 Å². The van der Waals surface area contributed by atoms with Crippen molar-refractivity contribution in [3.8, 4) is 0 Å². The predicted octanol–water partition coefficient (Wildman–Crippen LogP) is 1.46. The first-order valence-electron chi connectivity index (χ1n) is 8.41. The molecule has 0 saturated carbocycles. The molecule has 0 radical (unpaired) electrons. The highest BCUT2D eigenvalue weighted by atomic mass is 16.5. The first kappa shape index (κ1) is 18.4. The van der Waals surface area contributed by atoms with Gasteiger partial charge in [0.1, 0.15) is 0 Å². The molecule has 1 saturated heterocycles. The van der Waals surface area contributed by atoms with Crippen molar-refractivity contribution in [3.63, 3.8) is 0 Å². The van der Waals surface area contributed by atoms with Crippen molar-refractivity contribution < 1.29 is 19.1 Å². The largest absolute Gasteiger partial charge is 0.452 e. The minimum Gasteiger partial charge on any atom is -0.452 e. The fourth-order valence-corrected chi connectivity index (χ4v) is 3.02. The second kappa shape index (κ2) is 7.79. The molecule has 0 spiro atoms. The smallest absolute Gasteiger partial charge is 0.308 e. The van der Waals surface area contributed by atoms with Crippen LogP contribution in [0.15, 0.2) is 6.07 Å². The van der Waals surface area contributed by atoms with Crippen LogP contribution in [-0.2, 0) is 25.6 Å². The van der Waals surface area contributed by atoms with Gasteiger partial charge in [-0.15, -0.1) is 0 Å². The summed E-state index contributed by atoms with van der Waals surface area (Å²) in [6.07, 6.45) is -0.608. The summed E-state index contributed by atoms with van der Waals surface area (Å²) in [6.45, 7) is 10.8. The van der Waals surface area contributed by atoms with Crippen molar-refractivity contribution in [1.82, 2.24) is 14.7 Å². The van der Waals surface area contributed by atoms with Crippen molar-refractivity contribution in [2.24, 2.45) is 0 Å². The van der Waals surface area contributed by atoms with Gasteiger partial charge in [0.2, 0.25) is 0 Å². The fourth-order valence-electron chi connectivity index (χ4n) is 3.02. The number of morpholine rings is 1. The molecule has 7 nitrogen and oxygen atoms in total. The molecule has 2 heterocycles. The van der Waals surface area contributed by atoms with Crippen LogP contribution in [0, 0.1) is 13.8 Å². The van der Waals surface area contributed by atoms with E-state index in [4.69, 9.17) is 9.47 Å². The molecule has 0 N–H and O–H groups in total. The van der Waals surface area contributed by atoms with E-state index in [1.54, 1.807) is 16.5 Å². The van der Waals surface area contributed by atoms with E-state index in [2.05, 4.69) is 5.10 Å². The molecule has 24 heavy (non-hydrogen) atoms. The molecule has 1 fully saturated rings. The Bertz CT molecular complexity index is 589. The summed E-state index contributed by atoms with van der Waals surface area (Å²) in [5.74, 6) is -0.561. The number of nitrogens with zero attached hydrogens (tertiary/aromatic N) is 3. The van der Waals surface area contributed by atoms with Gasteiger partial charge in [-0.2, -0.15) is 5.10 Å². The summed E-state index contributed by atoms with van der Waals surface area (Å²) in [7, 11) is 0. The van der Waals surface area contributed by atoms with Gasteiger partial charge in [0.05, 0.1) is 30.9 Å². The number of aryl methyl sites for hydroxylation is 3. The summed E-state index contributed by atoms with van der Waals surface area (Å²) in [6, 6.07) is 1.96. The number of amides is 1. The topological polar surface area (TPSA) is 73.7 Å². The van der Waals surface area contributed by atoms with Crippen molar-refractivity contribution in [3.05, 3.63) is 17.5 Å². The molecule has 0 bridgehead atoms. The fraction of sp³-hybridized carbons (Fsp3) is 0.706. The molecule has 7 heteroatoms. The third kappa shape index (κ3) is 4.80. The van der Waals surface area contributed by atoms with Crippen LogP contribution in [-0.4, -0.2) is 58.0 Å². The van der Waals surface area contributed by atoms with E-state index in [0.29, 0.717) is 19.6 Å². The summed E-state index contributed by atoms with van der Waals surface area (Å²) in [4.78, 5) is 26.1. The normalized spacial score (nSPS) is 22.3. The number of carbonyl (C=O) groups is 2. The van der Waals surface area contributed by atoms with Gasteiger partial charge in [-0.1, -0.05) is 0 Å². The first-order valence-corrected chi connectivity index (χ1v) is 8.41. The Labute approximate surface area is 142 Å². The van der Waals surface area contributed by atoms with Crippen LogP contribution in [0.4, 0.5) is 0 Å². The molecule has 0 aliphatic carbocycles. The number of aromatic nitrogens is 2. The lowest BCUT2D eigenvalue weighted by molar-refractivity contribution is -0.164. The highest BCUT2D eigenvalue weighted by molar-refractivity contribution is 5.83. The summed E-state index contributed by atoms with van der Waals surface area (Å²) in [5, 5.41) is 4.31. The van der Waals surface area contributed by atoms with Crippen LogP contribution in [0.5, 0.6) is 0 Å². The molecule has 0 aromatic carbocycles. The van der Waals surface area contributed by atoms with Gasteiger partial charge < -0.3 is 14.4 Å². The zero-order chi connectivity index (χ0) is 17.9. The summed E-state index contributed by atoms with van der Waals surface area (Å²) >= 11 is 0. The Balaban J connectivity index is 1.82. The van der Waals surface area contributed by atoms with Gasteiger partial charge in [-0.25, -0.2) is 0 Å². The van der Waals surface area contributed by atoms with E-state index in [9.17, 15) is 9.59 Å². The van der Waals surface area contributed by atoms with Crippen LogP contribution in [0.2, 0.25) is 0 Å². The molecule has 3 unspecified atom stereocenters. The van der Waals surface area contributed by atoms with E-state index < -0.39 is 12.1 Å². The third-order valence-electron chi connectivity index (χ3n) is 4.02. The maximum absolute atomic E-state index is 12.4. The van der Waals surface area contributed by atoms with Crippen LogP contribution < -0.4 is 0 Å². The van der Waals surface area contributed by atoms with Crippen LogP contribution in [0.3, 0.4) is 0 Å². The SMILES string of the molecule is Cc1cc(C)n(CCC(=O)OC(C)C(=O)N2CC(C)OC(C)C2)n1. The number of rotatable bonds is 5. The van der Waals surface area contributed by atoms with Gasteiger partial charge >= 0.3 is 5.97 Å². The van der Waals surface area contributed by atoms with Gasteiger partial charge in [-0.05, 0) is 40.7 Å². The lowest BCUT2D eigenvalue weighted by Gasteiger charge is -2.36. The van der Waals surface area contributed by atoms with Gasteiger partial charge in [0.25, 0.3) is 5.91 Å². The lowest BCUT2D eigenvalue weighted by atomic mass is 10.2. The van der Waals surface area contributed by atoms with E-state index in [-0.39, 0.29) is 24.5 Å². The maximum Gasteiger partial charge on any atom is 0.308 e. The van der Waals surface area contributed by atoms with Crippen LogP contribution in [0.25, 0.3) is 0 Å². The molecule has 1 aromatic heterocycles. The molecule has 1 amide bonds. The number of esters is 1. The number of carbonyl (C=O) groups excluding carboxylic acids is 2. The molecule has 1 aliphatic rings. The Morgan fingerprint density at radius 3 is 2.50 bits per heavy atom. The Kier molecular flexibility index (Phi) is 5.99. The number of hydrogen-bond acceptors (Lipinski definition) is 5. The monoisotopic (exact) mass is 337 g/mol. The molecule has 3 atom stereocenters. The van der Waals surface area contributed by atoms with Crippen molar-refractivity contribution >= 4 is 11.9 Å². The van der Waals surface area contributed by atoms with E-state index >= 15 is 0 Å². The molecule has 1 aliphatic heterocycles. The van der Waals surface area contributed by atoms with Gasteiger partial charge in [-0.3, -0.25) is 14.3 Å². The highest BCUT2D eigenvalue weighted by Crippen LogP contribution is 2.13. The molecular weight excluding hydrogens is 310 g/mol. The highest BCUT2D eigenvalue weighted by Gasteiger charge is 2.30. The second-order valence-corrected chi connectivity index (χ2v) is 6.53. The average molecular weight is 337 g/mol. The molecule has 134 valence electrons. The van der Waals surface area contributed by atoms with Crippen LogP contribution >= 0.6 is 0 Å². The molecule has 1 aromatic rings. The van der Waals surface area contributed by atoms with Crippen molar-refractivity contribution in [2.45, 2.75) is 65.9 Å². The number of ether oxygens (including phenoxy) is 2. The zero-order valence-electron chi connectivity index (χ0n) is 15.1. The Hall–Kier alpha value is -1.89. The zero-order valence-corrected chi connectivity index (χ0v) is 15.1. The van der Waals surface area contributed by atoms with Crippen LogP contribution in [0.1, 0.15) is 38.6 Å². The standard InChI is InChI=1S/C17H27N3O4/c1-11-8-12(2)20(18-11)7-6-16(21)24-15(5)17(22)19-9-13(3)23-14(4)10-19/h8,13-15H,6-7,9-10H2,1-5H3. The van der Waals surface area contributed by atoms with Gasteiger partial charge in [0.15, 0.2) is 6.10 Å². The third-order valence-corrected chi connectivity index (χ3v) is 4.02. The molecular formula is C17H27N3O4. The quantitative estimate of drug-likeness (QED) is 0.761. The lowest BCUT2D eigenvalue weighted by Crippen LogP contribution is -2.51. The minimum absolute atomic E-state index is 0.00775. The van der Waals surface area contributed by atoms with Gasteiger partial charge in [0, 0.05) is 18.8 Å². The predicted molar refractivity (Wildman–Crippen MR) is 88.5 cm³/mol. The average Bonchev–Trinajstić information content (AvgIpc) is 2.81. The molecule has 2 rings (SSSR count). The van der Waals surface area contributed by atoms with E-state index in [0.717, 1.165) is 11.4 Å². The number of hydrogen-bond donors (Lipinski definition) is 0.